The first-order chi connectivity index (χ1) is 6.29. The number of nitrogens with one attached hydrogen (secondary N) is 1. The predicted molar refractivity (Wildman–Crippen MR) is 55.0 cm³/mol. The average molecular weight is 202 g/mol. The summed E-state index contributed by atoms with van der Waals surface area (Å²) < 4.78 is 2.08. The smallest absolute Gasteiger partial charge is 0.0945 e. The van der Waals surface area contributed by atoms with Crippen molar-refractivity contribution in [3.63, 3.8) is 0 Å². The molecule has 0 aromatic carbocycles. The highest BCUT2D eigenvalue weighted by Crippen LogP contribution is 1.91. The summed E-state index contributed by atoms with van der Waals surface area (Å²) in [6.45, 7) is 4.90. The van der Waals surface area contributed by atoms with Crippen molar-refractivity contribution in [2.45, 2.75) is 25.3 Å². The van der Waals surface area contributed by atoms with Crippen molar-refractivity contribution >= 4 is 11.6 Å². The minimum Gasteiger partial charge on any atom is -0.337 e. The normalized spacial score (nSPS) is 13.1. The number of hydrogen-bond acceptors (Lipinski definition) is 2. The lowest BCUT2D eigenvalue weighted by atomic mass is 10.4. The molecule has 1 unspecified atom stereocenters. The topological polar surface area (TPSA) is 29.9 Å². The molecule has 0 aliphatic rings. The van der Waals surface area contributed by atoms with E-state index in [0.717, 1.165) is 26.1 Å². The third kappa shape index (κ3) is 4.90. The summed E-state index contributed by atoms with van der Waals surface area (Å²) in [5.74, 6) is 0. The van der Waals surface area contributed by atoms with E-state index >= 15 is 0 Å². The van der Waals surface area contributed by atoms with Crippen molar-refractivity contribution in [1.29, 1.82) is 0 Å². The lowest BCUT2D eigenvalue weighted by Crippen LogP contribution is -2.23. The summed E-state index contributed by atoms with van der Waals surface area (Å²) in [6.07, 6.45) is 6.72. The van der Waals surface area contributed by atoms with Gasteiger partial charge in [0.2, 0.25) is 0 Å². The van der Waals surface area contributed by atoms with E-state index in [-0.39, 0.29) is 5.38 Å². The second kappa shape index (κ2) is 6.00. The number of alkyl halides is 1. The first kappa shape index (κ1) is 10.5. The number of imidazole rings is 1. The molecule has 1 heterocycles. The Morgan fingerprint density at radius 1 is 1.62 bits per heavy atom. The van der Waals surface area contributed by atoms with Crippen LogP contribution in [0.2, 0.25) is 0 Å². The van der Waals surface area contributed by atoms with Crippen molar-refractivity contribution in [2.75, 3.05) is 13.1 Å². The molecule has 3 nitrogen and oxygen atoms in total. The average Bonchev–Trinajstić information content (AvgIpc) is 2.55. The molecule has 0 saturated carbocycles. The van der Waals surface area contributed by atoms with Crippen LogP contribution in [0.4, 0.5) is 0 Å². The van der Waals surface area contributed by atoms with Gasteiger partial charge >= 0.3 is 0 Å². The van der Waals surface area contributed by atoms with Gasteiger partial charge in [-0.15, -0.1) is 11.6 Å². The molecular formula is C9H16ClN3. The third-order valence-corrected chi connectivity index (χ3v) is 1.91. The van der Waals surface area contributed by atoms with Gasteiger partial charge in [0.15, 0.2) is 0 Å². The van der Waals surface area contributed by atoms with Gasteiger partial charge < -0.3 is 9.88 Å². The molecule has 0 aliphatic carbocycles. The minimum absolute atomic E-state index is 0.216. The Morgan fingerprint density at radius 2 is 2.46 bits per heavy atom. The number of nitrogens with zero attached hydrogens (tertiary/aromatic N) is 2. The van der Waals surface area contributed by atoms with Gasteiger partial charge in [-0.2, -0.15) is 0 Å². The number of hydrogen-bond donors (Lipinski definition) is 1. The van der Waals surface area contributed by atoms with E-state index in [2.05, 4.69) is 14.9 Å². The fourth-order valence-electron chi connectivity index (χ4n) is 1.11. The second-order valence-corrected chi connectivity index (χ2v) is 3.88. The SMILES string of the molecule is CC(Cl)CNCCCn1ccnc1. The molecule has 74 valence electrons. The standard InChI is InChI=1S/C9H16ClN3/c1-9(10)7-11-3-2-5-13-6-4-12-8-13/h4,6,8-9,11H,2-3,5,7H2,1H3. The molecule has 1 N–H and O–H groups in total. The number of halogens is 1. The van der Waals surface area contributed by atoms with Gasteiger partial charge in [0, 0.05) is 30.9 Å². The molecule has 0 radical (unpaired) electrons. The maximum atomic E-state index is 5.78. The summed E-state index contributed by atoms with van der Waals surface area (Å²) in [6, 6.07) is 0. The van der Waals surface area contributed by atoms with Crippen LogP contribution in [0.1, 0.15) is 13.3 Å². The van der Waals surface area contributed by atoms with E-state index in [1.165, 1.54) is 0 Å². The van der Waals surface area contributed by atoms with Gasteiger partial charge in [-0.05, 0) is 19.9 Å². The van der Waals surface area contributed by atoms with Crippen LogP contribution < -0.4 is 5.32 Å². The molecule has 0 amide bonds. The molecule has 1 atom stereocenters. The predicted octanol–water partition coefficient (Wildman–Crippen LogP) is 1.49. The van der Waals surface area contributed by atoms with Gasteiger partial charge in [0.1, 0.15) is 0 Å². The highest BCUT2D eigenvalue weighted by Gasteiger charge is 1.94. The Bertz CT molecular complexity index is 209. The van der Waals surface area contributed by atoms with Gasteiger partial charge in [-0.25, -0.2) is 4.98 Å². The van der Waals surface area contributed by atoms with E-state index < -0.39 is 0 Å². The van der Waals surface area contributed by atoms with Crippen LogP contribution >= 0.6 is 11.6 Å². The zero-order valence-corrected chi connectivity index (χ0v) is 8.67. The second-order valence-electron chi connectivity index (χ2n) is 3.14. The maximum absolute atomic E-state index is 5.78. The summed E-state index contributed by atoms with van der Waals surface area (Å²) >= 11 is 5.78. The van der Waals surface area contributed by atoms with Crippen LogP contribution in [0.5, 0.6) is 0 Å². The van der Waals surface area contributed by atoms with Crippen LogP contribution in [-0.2, 0) is 6.54 Å². The van der Waals surface area contributed by atoms with Crippen LogP contribution in [-0.4, -0.2) is 28.0 Å². The Labute approximate surface area is 84.1 Å². The zero-order valence-electron chi connectivity index (χ0n) is 7.91. The van der Waals surface area contributed by atoms with Crippen LogP contribution in [0.25, 0.3) is 0 Å². The van der Waals surface area contributed by atoms with Crippen LogP contribution in [0, 0.1) is 0 Å². The van der Waals surface area contributed by atoms with Crippen molar-refractivity contribution in [3.8, 4) is 0 Å². The Balaban J connectivity index is 1.96. The molecular weight excluding hydrogens is 186 g/mol. The number of rotatable bonds is 6. The lowest BCUT2D eigenvalue weighted by Gasteiger charge is -2.05. The Kier molecular flexibility index (Phi) is 4.86. The third-order valence-electron chi connectivity index (χ3n) is 1.75. The molecule has 0 spiro atoms. The zero-order chi connectivity index (χ0) is 9.52. The van der Waals surface area contributed by atoms with E-state index in [9.17, 15) is 0 Å². The highest BCUT2D eigenvalue weighted by atomic mass is 35.5. The molecule has 0 saturated heterocycles. The highest BCUT2D eigenvalue weighted by molar-refractivity contribution is 6.20. The van der Waals surface area contributed by atoms with Crippen molar-refractivity contribution in [2.24, 2.45) is 0 Å². The fraction of sp³-hybridized carbons (Fsp3) is 0.667. The summed E-state index contributed by atoms with van der Waals surface area (Å²) in [7, 11) is 0. The van der Waals surface area contributed by atoms with E-state index in [1.807, 2.05) is 19.4 Å². The molecule has 4 heteroatoms. The van der Waals surface area contributed by atoms with Gasteiger partial charge in [-0.1, -0.05) is 0 Å². The van der Waals surface area contributed by atoms with Crippen molar-refractivity contribution < 1.29 is 0 Å². The largest absolute Gasteiger partial charge is 0.337 e. The summed E-state index contributed by atoms with van der Waals surface area (Å²) in [5.41, 5.74) is 0. The molecule has 0 fully saturated rings. The van der Waals surface area contributed by atoms with E-state index in [0.29, 0.717) is 0 Å². The molecule has 0 bridgehead atoms. The number of aromatic nitrogens is 2. The lowest BCUT2D eigenvalue weighted by molar-refractivity contribution is 0.580. The van der Waals surface area contributed by atoms with Crippen molar-refractivity contribution in [1.82, 2.24) is 14.9 Å². The first-order valence-corrected chi connectivity index (χ1v) is 5.03. The Morgan fingerprint density at radius 3 is 3.08 bits per heavy atom. The van der Waals surface area contributed by atoms with Gasteiger partial charge in [0.25, 0.3) is 0 Å². The number of aryl methyl sites for hydroxylation is 1. The van der Waals surface area contributed by atoms with Crippen LogP contribution in [0.3, 0.4) is 0 Å². The van der Waals surface area contributed by atoms with E-state index in [4.69, 9.17) is 11.6 Å². The molecule has 13 heavy (non-hydrogen) atoms. The fourth-order valence-corrected chi connectivity index (χ4v) is 1.22. The minimum atomic E-state index is 0.216. The summed E-state index contributed by atoms with van der Waals surface area (Å²) in [4.78, 5) is 3.97. The Hall–Kier alpha value is -0.540. The monoisotopic (exact) mass is 201 g/mol. The molecule has 1 rings (SSSR count). The van der Waals surface area contributed by atoms with E-state index in [1.54, 1.807) is 6.20 Å². The van der Waals surface area contributed by atoms with Gasteiger partial charge in [0.05, 0.1) is 6.33 Å². The molecule has 1 aromatic rings. The quantitative estimate of drug-likeness (QED) is 0.559. The summed E-state index contributed by atoms with van der Waals surface area (Å²) in [5, 5.41) is 3.50. The molecule has 0 aliphatic heterocycles. The van der Waals surface area contributed by atoms with Crippen LogP contribution in [0.15, 0.2) is 18.7 Å². The van der Waals surface area contributed by atoms with Gasteiger partial charge in [-0.3, -0.25) is 0 Å². The molecule has 1 aromatic heterocycles. The first-order valence-electron chi connectivity index (χ1n) is 4.59. The maximum Gasteiger partial charge on any atom is 0.0945 e. The van der Waals surface area contributed by atoms with Crippen molar-refractivity contribution in [3.05, 3.63) is 18.7 Å².